The minimum Gasteiger partial charge on any atom is -0.456 e. The third-order valence-corrected chi connectivity index (χ3v) is 3.94. The molecule has 0 saturated carbocycles. The summed E-state index contributed by atoms with van der Waals surface area (Å²) in [5, 5.41) is 10.1. The van der Waals surface area contributed by atoms with Crippen molar-refractivity contribution in [3.8, 4) is 11.5 Å². The largest absolute Gasteiger partial charge is 0.456 e. The molecular weight excluding hydrogens is 373 g/mol. The first-order valence-electron chi connectivity index (χ1n) is 6.39. The molecule has 0 aliphatic heterocycles. The van der Waals surface area contributed by atoms with Gasteiger partial charge in [0.05, 0.1) is 17.1 Å². The number of ether oxygens (including phenoxy) is 1. The lowest BCUT2D eigenvalue weighted by Crippen LogP contribution is -1.95. The number of pyridine rings is 1. The fraction of sp³-hybridized carbons (Fsp3) is 0.0625. The van der Waals surface area contributed by atoms with Gasteiger partial charge in [-0.05, 0) is 30.3 Å². The summed E-state index contributed by atoms with van der Waals surface area (Å²) in [7, 11) is 0. The lowest BCUT2D eigenvalue weighted by atomic mass is 10.2. The van der Waals surface area contributed by atoms with Crippen LogP contribution >= 0.6 is 27.5 Å². The van der Waals surface area contributed by atoms with Crippen molar-refractivity contribution in [3.63, 3.8) is 0 Å². The Hall–Kier alpha value is -1.69. The molecule has 0 spiro atoms. The molecule has 6 heteroatoms. The SMILES string of the molecule is OCc1cc(F)c(Cl)cc1Oc1ccnc2ccc(Br)cc12. The predicted octanol–water partition coefficient (Wildman–Crippen LogP) is 5.07. The van der Waals surface area contributed by atoms with E-state index in [1.165, 1.54) is 6.07 Å². The zero-order valence-electron chi connectivity index (χ0n) is 11.2. The molecule has 3 nitrogen and oxygen atoms in total. The van der Waals surface area contributed by atoms with Gasteiger partial charge in [0.1, 0.15) is 17.3 Å². The summed E-state index contributed by atoms with van der Waals surface area (Å²) < 4.78 is 20.2. The molecule has 1 N–H and O–H groups in total. The van der Waals surface area contributed by atoms with Crippen LogP contribution in [0, 0.1) is 5.82 Å². The second kappa shape index (κ2) is 6.20. The molecule has 3 aromatic rings. The number of fused-ring (bicyclic) bond motifs is 1. The third-order valence-electron chi connectivity index (χ3n) is 3.16. The van der Waals surface area contributed by atoms with Crippen LogP contribution in [-0.4, -0.2) is 10.1 Å². The van der Waals surface area contributed by atoms with Crippen molar-refractivity contribution < 1.29 is 14.2 Å². The Morgan fingerprint density at radius 3 is 2.77 bits per heavy atom. The van der Waals surface area contributed by atoms with Crippen LogP contribution in [0.4, 0.5) is 4.39 Å². The fourth-order valence-corrected chi connectivity index (χ4v) is 2.60. The van der Waals surface area contributed by atoms with Crippen LogP contribution in [0.15, 0.2) is 47.1 Å². The van der Waals surface area contributed by atoms with Crippen LogP contribution in [-0.2, 0) is 6.61 Å². The number of rotatable bonds is 3. The van der Waals surface area contributed by atoms with Crippen molar-refractivity contribution >= 4 is 38.4 Å². The average Bonchev–Trinajstić information content (AvgIpc) is 2.51. The van der Waals surface area contributed by atoms with E-state index in [9.17, 15) is 9.50 Å². The Labute approximate surface area is 139 Å². The summed E-state index contributed by atoms with van der Waals surface area (Å²) in [6.45, 7) is -0.351. The highest BCUT2D eigenvalue weighted by molar-refractivity contribution is 9.10. The zero-order chi connectivity index (χ0) is 15.7. The van der Waals surface area contributed by atoms with Gasteiger partial charge in [0.25, 0.3) is 0 Å². The van der Waals surface area contributed by atoms with Gasteiger partial charge in [-0.2, -0.15) is 0 Å². The Balaban J connectivity index is 2.11. The summed E-state index contributed by atoms with van der Waals surface area (Å²) >= 11 is 9.20. The van der Waals surface area contributed by atoms with E-state index in [1.807, 2.05) is 18.2 Å². The summed E-state index contributed by atoms with van der Waals surface area (Å²) in [6, 6.07) is 9.84. The first-order chi connectivity index (χ1) is 10.6. The number of hydrogen-bond acceptors (Lipinski definition) is 3. The van der Waals surface area contributed by atoms with Crippen LogP contribution in [0.25, 0.3) is 10.9 Å². The number of halogens is 3. The maximum absolute atomic E-state index is 13.5. The van der Waals surface area contributed by atoms with E-state index in [1.54, 1.807) is 12.3 Å². The van der Waals surface area contributed by atoms with Crippen molar-refractivity contribution in [3.05, 3.63) is 63.5 Å². The first kappa shape index (κ1) is 15.2. The van der Waals surface area contributed by atoms with Crippen LogP contribution in [0.2, 0.25) is 5.02 Å². The molecule has 1 heterocycles. The van der Waals surface area contributed by atoms with Gasteiger partial charge in [-0.25, -0.2) is 4.39 Å². The van der Waals surface area contributed by atoms with Gasteiger partial charge < -0.3 is 9.84 Å². The molecule has 0 unspecified atom stereocenters. The van der Waals surface area contributed by atoms with E-state index < -0.39 is 5.82 Å². The maximum Gasteiger partial charge on any atom is 0.142 e. The number of aliphatic hydroxyl groups is 1. The van der Waals surface area contributed by atoms with Crippen LogP contribution in [0.5, 0.6) is 11.5 Å². The molecule has 0 radical (unpaired) electrons. The number of benzene rings is 2. The highest BCUT2D eigenvalue weighted by Gasteiger charge is 2.12. The standard InChI is InChI=1S/C16H10BrClFNO2/c17-10-1-2-14-11(6-10)15(3-4-20-14)22-16-7-12(18)13(19)5-9(16)8-21/h1-7,21H,8H2. The van der Waals surface area contributed by atoms with Crippen molar-refractivity contribution in [2.45, 2.75) is 6.61 Å². The molecule has 0 aliphatic rings. The minimum atomic E-state index is -0.597. The number of aliphatic hydroxyl groups excluding tert-OH is 1. The number of aromatic nitrogens is 1. The summed E-state index contributed by atoms with van der Waals surface area (Å²) in [5.41, 5.74) is 1.08. The molecule has 0 amide bonds. The molecule has 2 aromatic carbocycles. The van der Waals surface area contributed by atoms with Gasteiger partial charge >= 0.3 is 0 Å². The molecule has 3 rings (SSSR count). The Morgan fingerprint density at radius 2 is 2.00 bits per heavy atom. The quantitative estimate of drug-likeness (QED) is 0.687. The molecule has 0 atom stereocenters. The Bertz CT molecular complexity index is 857. The van der Waals surface area contributed by atoms with Gasteiger partial charge in [0, 0.05) is 27.7 Å². The lowest BCUT2D eigenvalue weighted by molar-refractivity contribution is 0.276. The Morgan fingerprint density at radius 1 is 1.18 bits per heavy atom. The van der Waals surface area contributed by atoms with Gasteiger partial charge in [0.15, 0.2) is 0 Å². The van der Waals surface area contributed by atoms with E-state index in [2.05, 4.69) is 20.9 Å². The molecular formula is C16H10BrClFNO2. The molecule has 0 saturated heterocycles. The fourth-order valence-electron chi connectivity index (χ4n) is 2.09. The lowest BCUT2D eigenvalue weighted by Gasteiger charge is -2.12. The van der Waals surface area contributed by atoms with Gasteiger partial charge in [-0.15, -0.1) is 0 Å². The van der Waals surface area contributed by atoms with Gasteiger partial charge in [-0.1, -0.05) is 27.5 Å². The third kappa shape index (κ3) is 2.92. The second-order valence-electron chi connectivity index (χ2n) is 4.60. The van der Waals surface area contributed by atoms with Crippen LogP contribution in [0.1, 0.15) is 5.56 Å². The Kier molecular flexibility index (Phi) is 4.29. The monoisotopic (exact) mass is 381 g/mol. The summed E-state index contributed by atoms with van der Waals surface area (Å²) in [5.74, 6) is 0.255. The van der Waals surface area contributed by atoms with Crippen molar-refractivity contribution in [2.24, 2.45) is 0 Å². The highest BCUT2D eigenvalue weighted by atomic mass is 79.9. The van der Waals surface area contributed by atoms with Gasteiger partial charge in [0.2, 0.25) is 0 Å². The smallest absolute Gasteiger partial charge is 0.142 e. The summed E-state index contributed by atoms with van der Waals surface area (Å²) in [6.07, 6.45) is 1.62. The topological polar surface area (TPSA) is 42.4 Å². The van der Waals surface area contributed by atoms with Crippen molar-refractivity contribution in [2.75, 3.05) is 0 Å². The first-order valence-corrected chi connectivity index (χ1v) is 7.56. The van der Waals surface area contributed by atoms with Crippen LogP contribution in [0.3, 0.4) is 0 Å². The summed E-state index contributed by atoms with van der Waals surface area (Å²) in [4.78, 5) is 4.26. The number of hydrogen-bond donors (Lipinski definition) is 1. The normalized spacial score (nSPS) is 10.9. The molecule has 112 valence electrons. The van der Waals surface area contributed by atoms with E-state index in [0.717, 1.165) is 21.4 Å². The predicted molar refractivity (Wildman–Crippen MR) is 86.8 cm³/mol. The molecule has 0 aliphatic carbocycles. The second-order valence-corrected chi connectivity index (χ2v) is 5.93. The number of nitrogens with zero attached hydrogens (tertiary/aromatic N) is 1. The average molecular weight is 383 g/mol. The molecule has 0 bridgehead atoms. The molecule has 1 aromatic heterocycles. The van der Waals surface area contributed by atoms with E-state index in [-0.39, 0.29) is 11.6 Å². The minimum absolute atomic E-state index is 0.0632. The molecule has 0 fully saturated rings. The highest BCUT2D eigenvalue weighted by Crippen LogP contribution is 2.34. The van der Waals surface area contributed by atoms with Crippen molar-refractivity contribution in [1.82, 2.24) is 4.98 Å². The van der Waals surface area contributed by atoms with E-state index in [4.69, 9.17) is 16.3 Å². The van der Waals surface area contributed by atoms with E-state index in [0.29, 0.717) is 17.1 Å². The van der Waals surface area contributed by atoms with Crippen LogP contribution < -0.4 is 4.74 Å². The van der Waals surface area contributed by atoms with Crippen molar-refractivity contribution in [1.29, 1.82) is 0 Å². The van der Waals surface area contributed by atoms with Gasteiger partial charge in [-0.3, -0.25) is 4.98 Å². The zero-order valence-corrected chi connectivity index (χ0v) is 13.5. The molecule has 22 heavy (non-hydrogen) atoms. The maximum atomic E-state index is 13.5. The van der Waals surface area contributed by atoms with E-state index >= 15 is 0 Å².